The number of hydrogen-bond donors (Lipinski definition) is 1. The topological polar surface area (TPSA) is 44.5 Å². The molecule has 0 radical (unpaired) electrons. The quantitative estimate of drug-likeness (QED) is 0.925. The molecule has 0 unspecified atom stereocenters. The molecule has 4 heteroatoms. The van der Waals surface area contributed by atoms with Crippen LogP contribution in [0.2, 0.25) is 0 Å². The first-order valence-electron chi connectivity index (χ1n) is 5.95. The van der Waals surface area contributed by atoms with E-state index in [1.165, 1.54) is 5.56 Å². The van der Waals surface area contributed by atoms with Crippen LogP contribution in [0.5, 0.6) is 17.2 Å². The standard InChI is InChI=1S/C15H16BrNO2/c1-10-3-5-14(11(7-10)9-17)19-15-6-4-12(18-2)8-13(15)16/h3-8H,9,17H2,1-2H3. The Kier molecular flexibility index (Phi) is 4.45. The molecule has 2 aromatic rings. The number of halogens is 1. The van der Waals surface area contributed by atoms with Gasteiger partial charge in [0, 0.05) is 12.1 Å². The molecule has 0 aliphatic heterocycles. The maximum absolute atomic E-state index is 5.90. The zero-order valence-electron chi connectivity index (χ0n) is 10.9. The van der Waals surface area contributed by atoms with Crippen molar-refractivity contribution in [2.45, 2.75) is 13.5 Å². The Balaban J connectivity index is 2.31. The summed E-state index contributed by atoms with van der Waals surface area (Å²) < 4.78 is 11.9. The molecular weight excluding hydrogens is 306 g/mol. The number of methoxy groups -OCH3 is 1. The van der Waals surface area contributed by atoms with Gasteiger partial charge < -0.3 is 15.2 Å². The van der Waals surface area contributed by atoms with Gasteiger partial charge in [-0.1, -0.05) is 17.7 Å². The van der Waals surface area contributed by atoms with Gasteiger partial charge in [0.15, 0.2) is 0 Å². The van der Waals surface area contributed by atoms with Gasteiger partial charge in [-0.05, 0) is 47.1 Å². The van der Waals surface area contributed by atoms with Crippen molar-refractivity contribution in [3.8, 4) is 17.2 Å². The fourth-order valence-corrected chi connectivity index (χ4v) is 2.22. The average molecular weight is 322 g/mol. The monoisotopic (exact) mass is 321 g/mol. The van der Waals surface area contributed by atoms with E-state index in [1.54, 1.807) is 7.11 Å². The van der Waals surface area contributed by atoms with E-state index in [0.717, 1.165) is 27.3 Å². The van der Waals surface area contributed by atoms with Crippen LogP contribution in [-0.2, 0) is 6.54 Å². The summed E-state index contributed by atoms with van der Waals surface area (Å²) in [6.07, 6.45) is 0. The van der Waals surface area contributed by atoms with E-state index in [0.29, 0.717) is 6.54 Å². The molecule has 0 atom stereocenters. The van der Waals surface area contributed by atoms with E-state index in [9.17, 15) is 0 Å². The second-order valence-electron chi connectivity index (χ2n) is 4.21. The third-order valence-corrected chi connectivity index (χ3v) is 3.41. The molecule has 0 aliphatic rings. The molecule has 0 saturated carbocycles. The van der Waals surface area contributed by atoms with Gasteiger partial charge in [-0.2, -0.15) is 0 Å². The molecule has 0 aromatic heterocycles. The van der Waals surface area contributed by atoms with Crippen LogP contribution in [0.25, 0.3) is 0 Å². The molecular formula is C15H16BrNO2. The first-order valence-corrected chi connectivity index (χ1v) is 6.74. The van der Waals surface area contributed by atoms with Crippen molar-refractivity contribution in [2.24, 2.45) is 5.73 Å². The lowest BCUT2D eigenvalue weighted by molar-refractivity contribution is 0.412. The summed E-state index contributed by atoms with van der Waals surface area (Å²) in [4.78, 5) is 0. The van der Waals surface area contributed by atoms with Crippen LogP contribution in [-0.4, -0.2) is 7.11 Å². The molecule has 0 saturated heterocycles. The molecule has 0 aliphatic carbocycles. The minimum Gasteiger partial charge on any atom is -0.497 e. The molecule has 100 valence electrons. The van der Waals surface area contributed by atoms with Crippen LogP contribution in [0.4, 0.5) is 0 Å². The maximum atomic E-state index is 5.90. The Morgan fingerprint density at radius 2 is 1.84 bits per heavy atom. The Morgan fingerprint density at radius 1 is 1.11 bits per heavy atom. The van der Waals surface area contributed by atoms with E-state index in [1.807, 2.05) is 43.3 Å². The highest BCUT2D eigenvalue weighted by Gasteiger charge is 2.08. The number of benzene rings is 2. The van der Waals surface area contributed by atoms with Crippen molar-refractivity contribution in [1.29, 1.82) is 0 Å². The second-order valence-corrected chi connectivity index (χ2v) is 5.07. The lowest BCUT2D eigenvalue weighted by Gasteiger charge is -2.12. The van der Waals surface area contributed by atoms with Gasteiger partial charge in [0.05, 0.1) is 11.6 Å². The molecule has 3 nitrogen and oxygen atoms in total. The minimum atomic E-state index is 0.449. The van der Waals surface area contributed by atoms with Crippen LogP contribution < -0.4 is 15.2 Å². The van der Waals surface area contributed by atoms with Crippen molar-refractivity contribution in [3.05, 3.63) is 52.0 Å². The van der Waals surface area contributed by atoms with Gasteiger partial charge in [-0.15, -0.1) is 0 Å². The zero-order valence-corrected chi connectivity index (χ0v) is 12.5. The van der Waals surface area contributed by atoms with Gasteiger partial charge in [0.1, 0.15) is 17.2 Å². The summed E-state index contributed by atoms with van der Waals surface area (Å²) in [5.41, 5.74) is 7.90. The molecule has 19 heavy (non-hydrogen) atoms. The second kappa shape index (κ2) is 6.08. The molecule has 0 amide bonds. The van der Waals surface area contributed by atoms with E-state index >= 15 is 0 Å². The van der Waals surface area contributed by atoms with Gasteiger partial charge in [0.2, 0.25) is 0 Å². The molecule has 2 rings (SSSR count). The van der Waals surface area contributed by atoms with E-state index in [-0.39, 0.29) is 0 Å². The Bertz CT molecular complexity index is 584. The Labute approximate surface area is 121 Å². The van der Waals surface area contributed by atoms with Crippen LogP contribution in [0.3, 0.4) is 0 Å². The number of hydrogen-bond acceptors (Lipinski definition) is 3. The van der Waals surface area contributed by atoms with Gasteiger partial charge in [0.25, 0.3) is 0 Å². The molecule has 0 heterocycles. The van der Waals surface area contributed by atoms with Crippen molar-refractivity contribution < 1.29 is 9.47 Å². The molecule has 2 aromatic carbocycles. The van der Waals surface area contributed by atoms with E-state index in [4.69, 9.17) is 15.2 Å². The number of ether oxygens (including phenoxy) is 2. The lowest BCUT2D eigenvalue weighted by atomic mass is 10.1. The molecule has 0 fully saturated rings. The predicted octanol–water partition coefficient (Wildman–Crippen LogP) is 4.02. The molecule has 2 N–H and O–H groups in total. The number of rotatable bonds is 4. The smallest absolute Gasteiger partial charge is 0.141 e. The number of nitrogens with two attached hydrogens (primary N) is 1. The highest BCUT2D eigenvalue weighted by atomic mass is 79.9. The van der Waals surface area contributed by atoms with Gasteiger partial charge in [-0.25, -0.2) is 0 Å². The van der Waals surface area contributed by atoms with Crippen molar-refractivity contribution >= 4 is 15.9 Å². The van der Waals surface area contributed by atoms with Crippen LogP contribution >= 0.6 is 15.9 Å². The van der Waals surface area contributed by atoms with Crippen molar-refractivity contribution in [2.75, 3.05) is 7.11 Å². The largest absolute Gasteiger partial charge is 0.497 e. The highest BCUT2D eigenvalue weighted by molar-refractivity contribution is 9.10. The summed E-state index contributed by atoms with van der Waals surface area (Å²) >= 11 is 3.47. The van der Waals surface area contributed by atoms with E-state index < -0.39 is 0 Å². The zero-order chi connectivity index (χ0) is 13.8. The minimum absolute atomic E-state index is 0.449. The van der Waals surface area contributed by atoms with E-state index in [2.05, 4.69) is 15.9 Å². The summed E-state index contributed by atoms with van der Waals surface area (Å²) in [5, 5.41) is 0. The first-order chi connectivity index (χ1) is 9.13. The Morgan fingerprint density at radius 3 is 2.47 bits per heavy atom. The summed E-state index contributed by atoms with van der Waals surface area (Å²) in [5.74, 6) is 2.29. The third-order valence-electron chi connectivity index (χ3n) is 2.79. The average Bonchev–Trinajstić information content (AvgIpc) is 2.42. The molecule has 0 bridgehead atoms. The summed E-state index contributed by atoms with van der Waals surface area (Å²) in [6.45, 7) is 2.48. The van der Waals surface area contributed by atoms with Crippen molar-refractivity contribution in [1.82, 2.24) is 0 Å². The third kappa shape index (κ3) is 3.28. The lowest BCUT2D eigenvalue weighted by Crippen LogP contribution is -2.00. The summed E-state index contributed by atoms with van der Waals surface area (Å²) in [7, 11) is 1.63. The Hall–Kier alpha value is -1.52. The molecule has 0 spiro atoms. The predicted molar refractivity (Wildman–Crippen MR) is 79.8 cm³/mol. The number of aryl methyl sites for hydroxylation is 1. The first kappa shape index (κ1) is 13.9. The van der Waals surface area contributed by atoms with Crippen LogP contribution in [0.15, 0.2) is 40.9 Å². The van der Waals surface area contributed by atoms with Crippen molar-refractivity contribution in [3.63, 3.8) is 0 Å². The normalized spacial score (nSPS) is 10.3. The summed E-state index contributed by atoms with van der Waals surface area (Å²) in [6, 6.07) is 11.6. The maximum Gasteiger partial charge on any atom is 0.141 e. The van der Waals surface area contributed by atoms with Gasteiger partial charge in [-0.3, -0.25) is 0 Å². The van der Waals surface area contributed by atoms with Crippen LogP contribution in [0.1, 0.15) is 11.1 Å². The highest BCUT2D eigenvalue weighted by Crippen LogP contribution is 2.34. The fourth-order valence-electron chi connectivity index (χ4n) is 1.78. The fraction of sp³-hybridized carbons (Fsp3) is 0.200. The SMILES string of the molecule is COc1ccc(Oc2ccc(C)cc2CN)c(Br)c1. The van der Waals surface area contributed by atoms with Crippen LogP contribution in [0, 0.1) is 6.92 Å². The van der Waals surface area contributed by atoms with Gasteiger partial charge >= 0.3 is 0 Å².